The van der Waals surface area contributed by atoms with E-state index in [1.54, 1.807) is 0 Å². The van der Waals surface area contributed by atoms with E-state index >= 15 is 0 Å². The van der Waals surface area contributed by atoms with E-state index in [0.29, 0.717) is 5.69 Å². The van der Waals surface area contributed by atoms with Crippen molar-refractivity contribution in [2.45, 2.75) is 19.3 Å². The molecule has 114 valence electrons. The monoisotopic (exact) mass is 299 g/mol. The molecular weight excluding hydrogens is 282 g/mol. The van der Waals surface area contributed by atoms with Gasteiger partial charge in [0.25, 0.3) is 5.91 Å². The van der Waals surface area contributed by atoms with Gasteiger partial charge in [-0.25, -0.2) is 4.68 Å². The molecule has 1 heterocycles. The second-order valence-electron chi connectivity index (χ2n) is 5.43. The predicted octanol–water partition coefficient (Wildman–Crippen LogP) is 1.52. The Labute approximate surface area is 128 Å². The summed E-state index contributed by atoms with van der Waals surface area (Å²) in [7, 11) is 1.49. The van der Waals surface area contributed by atoms with Crippen molar-refractivity contribution in [2.75, 3.05) is 13.6 Å². The number of fused-ring (bicyclic) bond motifs is 1. The summed E-state index contributed by atoms with van der Waals surface area (Å²) < 4.78 is 1.81. The van der Waals surface area contributed by atoms with Gasteiger partial charge in [-0.1, -0.05) is 18.2 Å². The normalized spacial score (nSPS) is 13.0. The first kappa shape index (κ1) is 14.3. The van der Waals surface area contributed by atoms with Crippen LogP contribution in [0.3, 0.4) is 0 Å². The molecule has 1 amide bonds. The Morgan fingerprint density at radius 2 is 2.00 bits per heavy atom. The highest BCUT2D eigenvalue weighted by Gasteiger charge is 2.28. The lowest BCUT2D eigenvalue weighted by atomic mass is 10.2. The fourth-order valence-electron chi connectivity index (χ4n) is 2.85. The lowest BCUT2D eigenvalue weighted by Crippen LogP contribution is -2.32. The number of hydrogen-bond donors (Lipinski definition) is 1. The van der Waals surface area contributed by atoms with Gasteiger partial charge in [0.1, 0.15) is 6.54 Å². The van der Waals surface area contributed by atoms with E-state index in [0.717, 1.165) is 36.2 Å². The first-order chi connectivity index (χ1) is 10.6. The van der Waals surface area contributed by atoms with Crippen LogP contribution in [-0.4, -0.2) is 45.3 Å². The van der Waals surface area contributed by atoms with E-state index in [1.807, 2.05) is 35.0 Å². The summed E-state index contributed by atoms with van der Waals surface area (Å²) in [6, 6.07) is 9.67. The number of benzene rings is 1. The van der Waals surface area contributed by atoms with Gasteiger partial charge in [-0.3, -0.25) is 9.59 Å². The van der Waals surface area contributed by atoms with E-state index in [-0.39, 0.29) is 12.5 Å². The summed E-state index contributed by atoms with van der Waals surface area (Å²) in [6.45, 7) is -0.328. The third kappa shape index (κ3) is 2.47. The van der Waals surface area contributed by atoms with Crippen molar-refractivity contribution in [1.82, 2.24) is 14.7 Å². The quantitative estimate of drug-likeness (QED) is 0.928. The van der Waals surface area contributed by atoms with Crippen LogP contribution in [0.2, 0.25) is 0 Å². The minimum Gasteiger partial charge on any atom is -0.480 e. The number of nitrogens with zero attached hydrogens (tertiary/aromatic N) is 3. The molecule has 22 heavy (non-hydrogen) atoms. The smallest absolute Gasteiger partial charge is 0.323 e. The number of rotatable bonds is 4. The van der Waals surface area contributed by atoms with Crippen LogP contribution in [-0.2, 0) is 17.6 Å². The van der Waals surface area contributed by atoms with Gasteiger partial charge in [0.15, 0.2) is 5.69 Å². The van der Waals surface area contributed by atoms with Crippen LogP contribution in [0.1, 0.15) is 28.2 Å². The van der Waals surface area contributed by atoms with Crippen LogP contribution < -0.4 is 0 Å². The van der Waals surface area contributed by atoms with E-state index in [2.05, 4.69) is 5.10 Å². The number of carboxylic acids is 1. The van der Waals surface area contributed by atoms with Crippen molar-refractivity contribution in [3.05, 3.63) is 47.3 Å². The Bertz CT molecular complexity index is 722. The van der Waals surface area contributed by atoms with Crippen molar-refractivity contribution < 1.29 is 14.7 Å². The van der Waals surface area contributed by atoms with Gasteiger partial charge in [0.2, 0.25) is 0 Å². The van der Waals surface area contributed by atoms with E-state index in [1.165, 1.54) is 11.9 Å². The number of hydrogen-bond acceptors (Lipinski definition) is 3. The van der Waals surface area contributed by atoms with Crippen molar-refractivity contribution in [2.24, 2.45) is 0 Å². The van der Waals surface area contributed by atoms with Crippen LogP contribution in [0.4, 0.5) is 0 Å². The van der Waals surface area contributed by atoms with Crippen molar-refractivity contribution >= 4 is 11.9 Å². The molecule has 0 spiro atoms. The second kappa shape index (κ2) is 5.63. The molecule has 2 aromatic rings. The minimum absolute atomic E-state index is 0.328. The summed E-state index contributed by atoms with van der Waals surface area (Å²) in [5, 5.41) is 13.3. The molecule has 0 fully saturated rings. The van der Waals surface area contributed by atoms with Gasteiger partial charge < -0.3 is 10.0 Å². The van der Waals surface area contributed by atoms with E-state index in [4.69, 9.17) is 5.11 Å². The summed E-state index contributed by atoms with van der Waals surface area (Å²) in [5.41, 5.74) is 3.30. The molecular formula is C16H17N3O3. The molecule has 0 atom stereocenters. The van der Waals surface area contributed by atoms with Crippen LogP contribution in [0.25, 0.3) is 5.69 Å². The zero-order valence-electron chi connectivity index (χ0n) is 12.3. The summed E-state index contributed by atoms with van der Waals surface area (Å²) in [5.74, 6) is -1.37. The van der Waals surface area contributed by atoms with E-state index < -0.39 is 5.97 Å². The minimum atomic E-state index is -1.03. The second-order valence-corrected chi connectivity index (χ2v) is 5.43. The number of likely N-dealkylation sites (N-methyl/N-ethyl adjacent to an activating group) is 1. The number of amides is 1. The fraction of sp³-hybridized carbons (Fsp3) is 0.312. The Morgan fingerprint density at radius 3 is 2.68 bits per heavy atom. The molecule has 1 aliphatic carbocycles. The Kier molecular flexibility index (Phi) is 3.66. The van der Waals surface area contributed by atoms with Gasteiger partial charge in [-0.2, -0.15) is 5.10 Å². The van der Waals surface area contributed by atoms with Gasteiger partial charge in [-0.15, -0.1) is 0 Å². The molecule has 1 aliphatic rings. The average Bonchev–Trinajstić information content (AvgIpc) is 3.08. The number of carboxylic acid groups (broad SMARTS) is 1. The molecule has 1 aromatic carbocycles. The molecule has 0 unspecified atom stereocenters. The highest BCUT2D eigenvalue weighted by atomic mass is 16.4. The third-order valence-electron chi connectivity index (χ3n) is 3.85. The molecule has 3 rings (SSSR count). The van der Waals surface area contributed by atoms with Gasteiger partial charge >= 0.3 is 5.97 Å². The zero-order chi connectivity index (χ0) is 15.7. The van der Waals surface area contributed by atoms with Crippen LogP contribution in [0.5, 0.6) is 0 Å². The van der Waals surface area contributed by atoms with Crippen LogP contribution >= 0.6 is 0 Å². The molecule has 0 saturated carbocycles. The third-order valence-corrected chi connectivity index (χ3v) is 3.85. The van der Waals surface area contributed by atoms with Crippen molar-refractivity contribution in [3.63, 3.8) is 0 Å². The summed E-state index contributed by atoms with van der Waals surface area (Å²) >= 11 is 0. The molecule has 1 aromatic heterocycles. The lowest BCUT2D eigenvalue weighted by Gasteiger charge is -2.13. The van der Waals surface area contributed by atoms with Crippen molar-refractivity contribution in [3.8, 4) is 5.69 Å². The maximum absolute atomic E-state index is 12.5. The highest BCUT2D eigenvalue weighted by molar-refractivity contribution is 5.95. The van der Waals surface area contributed by atoms with E-state index in [9.17, 15) is 9.59 Å². The fourth-order valence-corrected chi connectivity index (χ4v) is 2.85. The first-order valence-electron chi connectivity index (χ1n) is 7.21. The maximum atomic E-state index is 12.5. The predicted molar refractivity (Wildman–Crippen MR) is 80.2 cm³/mol. The average molecular weight is 299 g/mol. The SMILES string of the molecule is CN(CC(=O)O)C(=O)c1nn(-c2ccccc2)c2c1CCC2. The molecule has 0 radical (unpaired) electrons. The molecule has 0 bridgehead atoms. The molecule has 6 heteroatoms. The maximum Gasteiger partial charge on any atom is 0.323 e. The lowest BCUT2D eigenvalue weighted by molar-refractivity contribution is -0.137. The molecule has 0 saturated heterocycles. The summed E-state index contributed by atoms with van der Waals surface area (Å²) in [6.07, 6.45) is 2.68. The van der Waals surface area contributed by atoms with Gasteiger partial charge in [-0.05, 0) is 31.4 Å². The summed E-state index contributed by atoms with van der Waals surface area (Å²) in [4.78, 5) is 24.5. The number of carbonyl (C=O) groups excluding carboxylic acids is 1. The number of para-hydroxylation sites is 1. The topological polar surface area (TPSA) is 75.4 Å². The molecule has 6 nitrogen and oxygen atoms in total. The first-order valence-corrected chi connectivity index (χ1v) is 7.21. The Balaban J connectivity index is 2.00. The number of aliphatic carboxylic acids is 1. The Morgan fingerprint density at radius 1 is 1.27 bits per heavy atom. The van der Waals surface area contributed by atoms with Gasteiger partial charge in [0.05, 0.1) is 5.69 Å². The van der Waals surface area contributed by atoms with Gasteiger partial charge in [0, 0.05) is 18.3 Å². The molecule has 0 aliphatic heterocycles. The standard InChI is InChI=1S/C16H17N3O3/c1-18(10-14(20)21)16(22)15-12-8-5-9-13(12)19(17-15)11-6-3-2-4-7-11/h2-4,6-7H,5,8-10H2,1H3,(H,20,21). The van der Waals surface area contributed by atoms with Crippen molar-refractivity contribution in [1.29, 1.82) is 0 Å². The van der Waals surface area contributed by atoms with Crippen LogP contribution in [0, 0.1) is 0 Å². The molecule has 1 N–H and O–H groups in total. The largest absolute Gasteiger partial charge is 0.480 e. The van der Waals surface area contributed by atoms with Crippen LogP contribution in [0.15, 0.2) is 30.3 Å². The number of aromatic nitrogens is 2. The Hall–Kier alpha value is -2.63. The zero-order valence-corrected chi connectivity index (χ0v) is 12.3. The highest BCUT2D eigenvalue weighted by Crippen LogP contribution is 2.28. The number of carbonyl (C=O) groups is 2.